The number of aryl methyl sites for hydroxylation is 2. The predicted octanol–water partition coefficient (Wildman–Crippen LogP) is 6.06. The van der Waals surface area contributed by atoms with Crippen molar-refractivity contribution in [1.29, 1.82) is 0 Å². The van der Waals surface area contributed by atoms with Gasteiger partial charge in [0.1, 0.15) is 19.0 Å². The number of allylic oxidation sites excluding steroid dienone is 1. The van der Waals surface area contributed by atoms with Crippen LogP contribution in [-0.4, -0.2) is 27.8 Å². The van der Waals surface area contributed by atoms with Gasteiger partial charge in [0, 0.05) is 22.0 Å². The molecule has 0 aliphatic carbocycles. The van der Waals surface area contributed by atoms with Gasteiger partial charge in [-0.3, -0.25) is 4.79 Å². The molecule has 3 aromatic carbocycles. The molecule has 1 aromatic heterocycles. The molecule has 8 nitrogen and oxygen atoms in total. The summed E-state index contributed by atoms with van der Waals surface area (Å²) in [5, 5.41) is 11.3. The SMILES string of the molecule is COc1cc(C2C(C(=O)Nc3ccc(C)cc3C)=C(C)Nc3ncnn32)ccc1OCc1ccccc1Cl. The first kappa shape index (κ1) is 25.4. The highest BCUT2D eigenvalue weighted by Crippen LogP contribution is 2.39. The van der Waals surface area contributed by atoms with Gasteiger partial charge in [-0.15, -0.1) is 0 Å². The van der Waals surface area contributed by atoms with Crippen LogP contribution in [-0.2, 0) is 11.4 Å². The van der Waals surface area contributed by atoms with Crippen LogP contribution >= 0.6 is 11.6 Å². The van der Waals surface area contributed by atoms with E-state index in [-0.39, 0.29) is 5.91 Å². The molecule has 9 heteroatoms. The van der Waals surface area contributed by atoms with Crippen LogP contribution < -0.4 is 20.1 Å². The van der Waals surface area contributed by atoms with E-state index in [1.807, 2.05) is 81.4 Å². The summed E-state index contributed by atoms with van der Waals surface area (Å²) in [4.78, 5) is 18.0. The first-order chi connectivity index (χ1) is 18.4. The number of methoxy groups -OCH3 is 1. The van der Waals surface area contributed by atoms with Gasteiger partial charge in [0.25, 0.3) is 5.91 Å². The van der Waals surface area contributed by atoms with Gasteiger partial charge in [0.15, 0.2) is 11.5 Å². The summed E-state index contributed by atoms with van der Waals surface area (Å²) in [6, 6.07) is 18.5. The van der Waals surface area contributed by atoms with Crippen LogP contribution in [0.25, 0.3) is 0 Å². The summed E-state index contributed by atoms with van der Waals surface area (Å²) in [6.45, 7) is 6.15. The molecule has 0 saturated heterocycles. The van der Waals surface area contributed by atoms with E-state index in [9.17, 15) is 4.79 Å². The maximum absolute atomic E-state index is 13.7. The normalized spacial score (nSPS) is 14.5. The Hall–Kier alpha value is -4.30. The molecule has 0 fully saturated rings. The summed E-state index contributed by atoms with van der Waals surface area (Å²) in [6.07, 6.45) is 1.46. The first-order valence-corrected chi connectivity index (χ1v) is 12.5. The van der Waals surface area contributed by atoms with E-state index in [1.54, 1.807) is 11.8 Å². The fourth-order valence-corrected chi connectivity index (χ4v) is 4.77. The van der Waals surface area contributed by atoms with Crippen molar-refractivity contribution in [3.63, 3.8) is 0 Å². The molecule has 1 aliphatic heterocycles. The molecular formula is C29H28ClN5O3. The molecule has 4 aromatic rings. The number of aromatic nitrogens is 3. The number of hydrogen-bond acceptors (Lipinski definition) is 6. The average molecular weight is 530 g/mol. The van der Waals surface area contributed by atoms with Crippen LogP contribution in [0.3, 0.4) is 0 Å². The maximum Gasteiger partial charge on any atom is 0.255 e. The highest BCUT2D eigenvalue weighted by molar-refractivity contribution is 6.31. The molecule has 0 radical (unpaired) electrons. The predicted molar refractivity (Wildman–Crippen MR) is 148 cm³/mol. The van der Waals surface area contributed by atoms with Crippen molar-refractivity contribution in [1.82, 2.24) is 14.8 Å². The summed E-state index contributed by atoms with van der Waals surface area (Å²) in [5.41, 5.74) is 5.75. The highest BCUT2D eigenvalue weighted by atomic mass is 35.5. The number of hydrogen-bond donors (Lipinski definition) is 2. The minimum absolute atomic E-state index is 0.230. The minimum atomic E-state index is -0.536. The summed E-state index contributed by atoms with van der Waals surface area (Å²) in [5.74, 6) is 1.41. The van der Waals surface area contributed by atoms with Crippen molar-refractivity contribution in [2.45, 2.75) is 33.4 Å². The standard InChI is InChI=1S/C29H28ClN5O3/c1-17-9-11-23(18(2)13-17)34-28(36)26-19(3)33-29-31-16-32-35(29)27(26)20-10-12-24(25(14-20)37-4)38-15-21-7-5-6-8-22(21)30/h5-14,16,27H,15H2,1-4H3,(H,34,36)(H,31,32,33). The third-order valence-corrected chi connectivity index (χ3v) is 6.88. The van der Waals surface area contributed by atoms with Gasteiger partial charge in [-0.25, -0.2) is 4.68 Å². The zero-order valence-corrected chi connectivity index (χ0v) is 22.3. The Morgan fingerprint density at radius 3 is 2.66 bits per heavy atom. The Bertz CT molecular complexity index is 1540. The number of benzene rings is 3. The van der Waals surface area contributed by atoms with Crippen LogP contribution in [0, 0.1) is 13.8 Å². The monoisotopic (exact) mass is 529 g/mol. The molecule has 1 aliphatic rings. The van der Waals surface area contributed by atoms with Gasteiger partial charge in [-0.2, -0.15) is 10.1 Å². The zero-order chi connectivity index (χ0) is 26.8. The molecule has 2 N–H and O–H groups in total. The van der Waals surface area contributed by atoms with E-state index in [4.69, 9.17) is 21.1 Å². The Labute approximate surface area is 226 Å². The van der Waals surface area contributed by atoms with Crippen molar-refractivity contribution < 1.29 is 14.3 Å². The topological polar surface area (TPSA) is 90.3 Å². The summed E-state index contributed by atoms with van der Waals surface area (Å²) >= 11 is 6.29. The fraction of sp³-hybridized carbons (Fsp3) is 0.207. The van der Waals surface area contributed by atoms with Crippen LogP contribution in [0.4, 0.5) is 11.6 Å². The van der Waals surface area contributed by atoms with E-state index in [0.717, 1.165) is 27.9 Å². The minimum Gasteiger partial charge on any atom is -0.493 e. The lowest BCUT2D eigenvalue weighted by atomic mass is 9.94. The number of carbonyl (C=O) groups excluding carboxylic acids is 1. The number of amides is 1. The van der Waals surface area contributed by atoms with Crippen LogP contribution in [0.1, 0.15) is 35.2 Å². The van der Waals surface area contributed by atoms with E-state index in [0.29, 0.717) is 40.3 Å². The highest BCUT2D eigenvalue weighted by Gasteiger charge is 2.34. The smallest absolute Gasteiger partial charge is 0.255 e. The van der Waals surface area contributed by atoms with Gasteiger partial charge in [-0.1, -0.05) is 53.6 Å². The molecule has 2 heterocycles. The Kier molecular flexibility index (Phi) is 7.07. The average Bonchev–Trinajstić information content (AvgIpc) is 3.37. The molecular weight excluding hydrogens is 502 g/mol. The van der Waals surface area contributed by atoms with E-state index in [2.05, 4.69) is 20.7 Å². The second kappa shape index (κ2) is 10.6. The van der Waals surface area contributed by atoms with Crippen molar-refractivity contribution in [2.75, 3.05) is 17.7 Å². The number of rotatable bonds is 7. The quantitative estimate of drug-likeness (QED) is 0.302. The molecule has 0 spiro atoms. The summed E-state index contributed by atoms with van der Waals surface area (Å²) < 4.78 is 13.4. The zero-order valence-electron chi connectivity index (χ0n) is 21.6. The van der Waals surface area contributed by atoms with Crippen molar-refractivity contribution >= 4 is 29.1 Å². The largest absolute Gasteiger partial charge is 0.493 e. The van der Waals surface area contributed by atoms with E-state index in [1.165, 1.54) is 6.33 Å². The maximum atomic E-state index is 13.7. The Morgan fingerprint density at radius 2 is 1.89 bits per heavy atom. The van der Waals surface area contributed by atoms with Crippen molar-refractivity contribution in [3.05, 3.63) is 106 Å². The van der Waals surface area contributed by atoms with Crippen LogP contribution in [0.2, 0.25) is 5.02 Å². The number of halogens is 1. The molecule has 38 heavy (non-hydrogen) atoms. The lowest BCUT2D eigenvalue weighted by molar-refractivity contribution is -0.113. The van der Waals surface area contributed by atoms with Gasteiger partial charge >= 0.3 is 0 Å². The number of nitrogens with zero attached hydrogens (tertiary/aromatic N) is 3. The van der Waals surface area contributed by atoms with Crippen LogP contribution in [0.15, 0.2) is 78.3 Å². The van der Waals surface area contributed by atoms with E-state index >= 15 is 0 Å². The molecule has 1 unspecified atom stereocenters. The number of carbonyl (C=O) groups is 1. The number of nitrogens with one attached hydrogen (secondary N) is 2. The summed E-state index contributed by atoms with van der Waals surface area (Å²) in [7, 11) is 1.58. The fourth-order valence-electron chi connectivity index (χ4n) is 4.58. The third kappa shape index (κ3) is 4.95. The Balaban J connectivity index is 1.48. The Morgan fingerprint density at radius 1 is 1.08 bits per heavy atom. The molecule has 194 valence electrons. The molecule has 5 rings (SSSR count). The first-order valence-electron chi connectivity index (χ1n) is 12.2. The third-order valence-electron chi connectivity index (χ3n) is 6.51. The van der Waals surface area contributed by atoms with Crippen molar-refractivity contribution in [3.8, 4) is 11.5 Å². The second-order valence-electron chi connectivity index (χ2n) is 9.16. The molecule has 0 bridgehead atoms. The van der Waals surface area contributed by atoms with Gasteiger partial charge in [0.05, 0.1) is 12.7 Å². The lowest BCUT2D eigenvalue weighted by Gasteiger charge is -2.29. The molecule has 0 saturated carbocycles. The second-order valence-corrected chi connectivity index (χ2v) is 9.56. The van der Waals surface area contributed by atoms with Crippen LogP contribution in [0.5, 0.6) is 11.5 Å². The lowest BCUT2D eigenvalue weighted by Crippen LogP contribution is -2.31. The number of anilines is 2. The van der Waals surface area contributed by atoms with Crippen molar-refractivity contribution in [2.24, 2.45) is 0 Å². The molecule has 1 atom stereocenters. The molecule has 1 amide bonds. The van der Waals surface area contributed by atoms with Gasteiger partial charge in [0.2, 0.25) is 5.95 Å². The van der Waals surface area contributed by atoms with E-state index < -0.39 is 6.04 Å². The number of ether oxygens (including phenoxy) is 2. The van der Waals surface area contributed by atoms with Gasteiger partial charge < -0.3 is 20.1 Å². The number of fused-ring (bicyclic) bond motifs is 1. The van der Waals surface area contributed by atoms with Gasteiger partial charge in [-0.05, 0) is 56.2 Å².